The molecule has 1 heterocycles. The van der Waals surface area contributed by atoms with Crippen molar-refractivity contribution in [1.82, 2.24) is 15.1 Å². The molecule has 2 N–H and O–H groups in total. The first-order valence-electron chi connectivity index (χ1n) is 6.19. The summed E-state index contributed by atoms with van der Waals surface area (Å²) in [6.45, 7) is 7.21. The summed E-state index contributed by atoms with van der Waals surface area (Å²) in [5.74, 6) is -1.54. The largest absolute Gasteiger partial charge is 0.480 e. The molecule has 0 aliphatic heterocycles. The number of carbonyl (C=O) groups excluding carboxylic acids is 1. The van der Waals surface area contributed by atoms with E-state index in [1.54, 1.807) is 10.8 Å². The smallest absolute Gasteiger partial charge is 0.326 e. The van der Waals surface area contributed by atoms with Crippen LogP contribution in [0.1, 0.15) is 23.4 Å². The highest BCUT2D eigenvalue weighted by Crippen LogP contribution is 2.13. The molecule has 20 heavy (non-hydrogen) atoms. The van der Waals surface area contributed by atoms with Gasteiger partial charge in [0.25, 0.3) is 0 Å². The lowest BCUT2D eigenvalue weighted by Gasteiger charge is -2.10. The first-order chi connectivity index (χ1) is 9.36. The minimum absolute atomic E-state index is 0.180. The average molecular weight is 277 g/mol. The van der Waals surface area contributed by atoms with E-state index in [-0.39, 0.29) is 6.42 Å². The molecule has 1 rings (SSSR count). The molecule has 0 fully saturated rings. The molecule has 0 saturated carbocycles. The molecular formula is C14H19N3O3. The van der Waals surface area contributed by atoms with Crippen LogP contribution in [0.2, 0.25) is 0 Å². The predicted molar refractivity (Wildman–Crippen MR) is 76.1 cm³/mol. The monoisotopic (exact) mass is 277 g/mol. The zero-order valence-electron chi connectivity index (χ0n) is 11.9. The molecule has 0 bridgehead atoms. The third kappa shape index (κ3) is 3.81. The van der Waals surface area contributed by atoms with Gasteiger partial charge >= 0.3 is 5.97 Å². The highest BCUT2D eigenvalue weighted by molar-refractivity contribution is 5.94. The summed E-state index contributed by atoms with van der Waals surface area (Å²) in [5.41, 5.74) is 2.61. The van der Waals surface area contributed by atoms with Crippen LogP contribution in [0, 0.1) is 13.8 Å². The summed E-state index contributed by atoms with van der Waals surface area (Å²) in [7, 11) is 1.82. The van der Waals surface area contributed by atoms with Crippen LogP contribution >= 0.6 is 0 Å². The van der Waals surface area contributed by atoms with Crippen LogP contribution < -0.4 is 5.32 Å². The van der Waals surface area contributed by atoms with E-state index in [2.05, 4.69) is 17.0 Å². The average Bonchev–Trinajstić information content (AvgIpc) is 2.60. The van der Waals surface area contributed by atoms with Crippen LogP contribution in [0.15, 0.2) is 18.7 Å². The second kappa shape index (κ2) is 6.70. The van der Waals surface area contributed by atoms with Crippen molar-refractivity contribution in [2.24, 2.45) is 7.05 Å². The van der Waals surface area contributed by atoms with E-state index < -0.39 is 17.9 Å². The van der Waals surface area contributed by atoms with E-state index in [0.717, 1.165) is 17.0 Å². The van der Waals surface area contributed by atoms with Crippen molar-refractivity contribution in [3.05, 3.63) is 35.7 Å². The lowest BCUT2D eigenvalue weighted by atomic mass is 10.1. The maximum atomic E-state index is 11.7. The molecule has 0 saturated heterocycles. The number of rotatable bonds is 6. The van der Waals surface area contributed by atoms with E-state index in [1.807, 2.05) is 20.9 Å². The van der Waals surface area contributed by atoms with Crippen LogP contribution in [-0.4, -0.2) is 32.8 Å². The van der Waals surface area contributed by atoms with Gasteiger partial charge in [-0.25, -0.2) is 4.79 Å². The zero-order valence-corrected chi connectivity index (χ0v) is 11.9. The number of nitrogens with one attached hydrogen (secondary N) is 1. The Morgan fingerprint density at radius 1 is 1.50 bits per heavy atom. The summed E-state index contributed by atoms with van der Waals surface area (Å²) < 4.78 is 1.73. The number of carbonyl (C=O) groups is 2. The van der Waals surface area contributed by atoms with Gasteiger partial charge in [-0.2, -0.15) is 5.10 Å². The Morgan fingerprint density at radius 2 is 2.15 bits per heavy atom. The van der Waals surface area contributed by atoms with Gasteiger partial charge in [-0.1, -0.05) is 6.08 Å². The standard InChI is InChI=1S/C14H19N3O3/c1-5-6-12(14(19)20)15-13(18)8-7-11-9(2)16-17(4)10(11)3/h5,7-8,12H,1,6H2,2-4H3,(H,15,18)(H,19,20)/b8-7+. The van der Waals surface area contributed by atoms with Gasteiger partial charge in [-0.15, -0.1) is 6.58 Å². The molecule has 1 unspecified atom stereocenters. The molecule has 1 aromatic rings. The van der Waals surface area contributed by atoms with Gasteiger partial charge in [-0.05, 0) is 26.3 Å². The van der Waals surface area contributed by atoms with Crippen LogP contribution in [-0.2, 0) is 16.6 Å². The minimum Gasteiger partial charge on any atom is -0.480 e. The molecule has 0 aliphatic carbocycles. The third-order valence-corrected chi connectivity index (χ3v) is 2.98. The third-order valence-electron chi connectivity index (χ3n) is 2.98. The molecule has 1 amide bonds. The normalized spacial score (nSPS) is 12.3. The molecule has 0 spiro atoms. The van der Waals surface area contributed by atoms with Crippen LogP contribution in [0.25, 0.3) is 6.08 Å². The maximum absolute atomic E-state index is 11.7. The topological polar surface area (TPSA) is 84.2 Å². The molecule has 108 valence electrons. The van der Waals surface area contributed by atoms with Gasteiger partial charge in [0.1, 0.15) is 6.04 Å². The van der Waals surface area contributed by atoms with Crippen molar-refractivity contribution in [2.45, 2.75) is 26.3 Å². The van der Waals surface area contributed by atoms with E-state index >= 15 is 0 Å². The minimum atomic E-state index is -1.08. The number of nitrogens with zero attached hydrogens (tertiary/aromatic N) is 2. The van der Waals surface area contributed by atoms with Gasteiger partial charge < -0.3 is 10.4 Å². The fourth-order valence-electron chi connectivity index (χ4n) is 1.80. The molecule has 6 heteroatoms. The highest BCUT2D eigenvalue weighted by Gasteiger charge is 2.17. The molecule has 6 nitrogen and oxygen atoms in total. The van der Waals surface area contributed by atoms with Gasteiger partial charge in [0.05, 0.1) is 5.69 Å². The SMILES string of the molecule is C=CCC(NC(=O)/C=C/c1c(C)nn(C)c1C)C(=O)O. The summed E-state index contributed by atoms with van der Waals surface area (Å²) in [6.07, 6.45) is 4.59. The Kier molecular flexibility index (Phi) is 5.25. The van der Waals surface area contributed by atoms with Crippen molar-refractivity contribution in [3.63, 3.8) is 0 Å². The molecule has 0 radical (unpaired) electrons. The lowest BCUT2D eigenvalue weighted by Crippen LogP contribution is -2.39. The van der Waals surface area contributed by atoms with Crippen LogP contribution in [0.5, 0.6) is 0 Å². The Labute approximate surface area is 117 Å². The molecule has 1 aromatic heterocycles. The van der Waals surface area contributed by atoms with Crippen LogP contribution in [0.3, 0.4) is 0 Å². The first-order valence-corrected chi connectivity index (χ1v) is 6.19. The van der Waals surface area contributed by atoms with Gasteiger partial charge in [-0.3, -0.25) is 9.48 Å². The number of hydrogen-bond acceptors (Lipinski definition) is 3. The Morgan fingerprint density at radius 3 is 2.60 bits per heavy atom. The Balaban J connectivity index is 2.77. The van der Waals surface area contributed by atoms with Crippen molar-refractivity contribution >= 4 is 18.0 Å². The van der Waals surface area contributed by atoms with E-state index in [4.69, 9.17) is 5.11 Å². The van der Waals surface area contributed by atoms with Crippen molar-refractivity contribution in [1.29, 1.82) is 0 Å². The number of carboxylic acid groups (broad SMARTS) is 1. The van der Waals surface area contributed by atoms with Crippen LogP contribution in [0.4, 0.5) is 0 Å². The van der Waals surface area contributed by atoms with Crippen molar-refractivity contribution < 1.29 is 14.7 Å². The second-order valence-electron chi connectivity index (χ2n) is 4.47. The van der Waals surface area contributed by atoms with E-state index in [0.29, 0.717) is 0 Å². The summed E-state index contributed by atoms with van der Waals surface area (Å²) in [4.78, 5) is 22.6. The molecule has 1 atom stereocenters. The van der Waals surface area contributed by atoms with Crippen molar-refractivity contribution in [2.75, 3.05) is 0 Å². The van der Waals surface area contributed by atoms with Gasteiger partial charge in [0.2, 0.25) is 5.91 Å². The number of aliphatic carboxylic acids is 1. The molecule has 0 aromatic carbocycles. The second-order valence-corrected chi connectivity index (χ2v) is 4.47. The molecule has 0 aliphatic rings. The number of carboxylic acids is 1. The predicted octanol–water partition coefficient (Wildman–Crippen LogP) is 1.20. The molecular weight excluding hydrogens is 258 g/mol. The quantitative estimate of drug-likeness (QED) is 0.604. The number of hydrogen-bond donors (Lipinski definition) is 2. The summed E-state index contributed by atoms with van der Waals surface area (Å²) >= 11 is 0. The highest BCUT2D eigenvalue weighted by atomic mass is 16.4. The van der Waals surface area contributed by atoms with E-state index in [1.165, 1.54) is 12.2 Å². The fourth-order valence-corrected chi connectivity index (χ4v) is 1.80. The van der Waals surface area contributed by atoms with Gasteiger partial charge in [0, 0.05) is 24.4 Å². The number of aromatic nitrogens is 2. The van der Waals surface area contributed by atoms with Crippen molar-refractivity contribution in [3.8, 4) is 0 Å². The Hall–Kier alpha value is -2.37. The number of amides is 1. The maximum Gasteiger partial charge on any atom is 0.326 e. The first kappa shape index (κ1) is 15.7. The van der Waals surface area contributed by atoms with E-state index in [9.17, 15) is 9.59 Å². The summed E-state index contributed by atoms with van der Waals surface area (Å²) in [6, 6.07) is -0.958. The fraction of sp³-hybridized carbons (Fsp3) is 0.357. The lowest BCUT2D eigenvalue weighted by molar-refractivity contribution is -0.141. The Bertz CT molecular complexity index is 558. The van der Waals surface area contributed by atoms with Gasteiger partial charge in [0.15, 0.2) is 0 Å². The zero-order chi connectivity index (χ0) is 15.3. The number of aryl methyl sites for hydroxylation is 2. The summed E-state index contributed by atoms with van der Waals surface area (Å²) in [5, 5.41) is 15.6.